The van der Waals surface area contributed by atoms with Gasteiger partial charge >= 0.3 is 17.2 Å². The minimum atomic E-state index is -0.936. The number of carbonyl (C=O) groups is 4. The molecule has 2 aromatic rings. The van der Waals surface area contributed by atoms with Crippen molar-refractivity contribution in [3.8, 4) is 0 Å². The van der Waals surface area contributed by atoms with Crippen molar-refractivity contribution >= 4 is 47.4 Å². The average Bonchev–Trinajstić information content (AvgIpc) is 2.80. The summed E-state index contributed by atoms with van der Waals surface area (Å²) in [5.41, 5.74) is 1.13. The Labute approximate surface area is 202 Å². The van der Waals surface area contributed by atoms with Crippen LogP contribution in [0, 0.1) is 5.92 Å². The standard InChI is InChI=1S/C24H26O7S2/c1-24(2,32)20(25)13-19(22(27)29-14-17-9-5-3-6-10-17)15-33-23(28)31-16-30-21(26)18-11-7-4-8-12-18/h3-12,19,32H,13-16H2,1-2H3/t19-/m0/s1. The summed E-state index contributed by atoms with van der Waals surface area (Å²) in [6, 6.07) is 17.4. The Morgan fingerprint density at radius 3 is 2.12 bits per heavy atom. The predicted octanol–water partition coefficient (Wildman–Crippen LogP) is 4.70. The van der Waals surface area contributed by atoms with Crippen molar-refractivity contribution in [3.63, 3.8) is 0 Å². The first-order valence-corrected chi connectivity index (χ1v) is 11.6. The summed E-state index contributed by atoms with van der Waals surface area (Å²) in [6.45, 7) is 2.76. The molecule has 0 aliphatic carbocycles. The molecule has 0 N–H and O–H groups in total. The molecule has 0 unspecified atom stereocenters. The van der Waals surface area contributed by atoms with Crippen LogP contribution in [0.3, 0.4) is 0 Å². The maximum Gasteiger partial charge on any atom is 0.370 e. The molecule has 0 bridgehead atoms. The first-order valence-electron chi connectivity index (χ1n) is 10.1. The Bertz CT molecular complexity index is 940. The summed E-state index contributed by atoms with van der Waals surface area (Å²) in [4.78, 5) is 48.9. The number of benzene rings is 2. The largest absolute Gasteiger partial charge is 0.461 e. The third-order valence-corrected chi connectivity index (χ3v) is 5.62. The Morgan fingerprint density at radius 2 is 1.52 bits per heavy atom. The van der Waals surface area contributed by atoms with E-state index in [-0.39, 0.29) is 24.6 Å². The highest BCUT2D eigenvalue weighted by atomic mass is 32.2. The van der Waals surface area contributed by atoms with E-state index in [4.69, 9.17) is 14.2 Å². The van der Waals surface area contributed by atoms with Gasteiger partial charge in [-0.2, -0.15) is 12.6 Å². The van der Waals surface area contributed by atoms with Crippen molar-refractivity contribution in [2.75, 3.05) is 12.5 Å². The third-order valence-electron chi connectivity index (χ3n) is 4.45. The second kappa shape index (κ2) is 13.1. The minimum absolute atomic E-state index is 0.0330. The van der Waals surface area contributed by atoms with Crippen LogP contribution in [0.2, 0.25) is 0 Å². The van der Waals surface area contributed by atoms with Gasteiger partial charge < -0.3 is 14.2 Å². The van der Waals surface area contributed by atoms with E-state index in [9.17, 15) is 19.2 Å². The van der Waals surface area contributed by atoms with Crippen molar-refractivity contribution in [1.29, 1.82) is 0 Å². The second-order valence-corrected chi connectivity index (χ2v) is 9.67. The number of Topliss-reactive ketones (excluding diaryl/α,β-unsaturated/α-hetero) is 1. The van der Waals surface area contributed by atoms with E-state index in [1.807, 2.05) is 30.3 Å². The summed E-state index contributed by atoms with van der Waals surface area (Å²) in [5.74, 6) is -2.37. The number of hydrogen-bond acceptors (Lipinski definition) is 9. The molecule has 0 fully saturated rings. The number of thiol groups is 1. The third kappa shape index (κ3) is 9.71. The fourth-order valence-corrected chi connectivity index (χ4v) is 3.34. The predicted molar refractivity (Wildman–Crippen MR) is 128 cm³/mol. The van der Waals surface area contributed by atoms with Gasteiger partial charge in [0.15, 0.2) is 0 Å². The summed E-state index contributed by atoms with van der Waals surface area (Å²) in [5, 5.41) is -0.741. The van der Waals surface area contributed by atoms with Crippen LogP contribution >= 0.6 is 24.4 Å². The molecule has 2 aromatic carbocycles. The molecule has 0 aromatic heterocycles. The van der Waals surface area contributed by atoms with E-state index in [0.29, 0.717) is 17.3 Å². The molecular formula is C24H26O7S2. The highest BCUT2D eigenvalue weighted by molar-refractivity contribution is 8.13. The number of rotatable bonds is 11. The van der Waals surface area contributed by atoms with Gasteiger partial charge in [0.2, 0.25) is 6.79 Å². The highest BCUT2D eigenvalue weighted by Gasteiger charge is 2.31. The Balaban J connectivity index is 1.86. The number of thioether (sulfide) groups is 1. The molecule has 33 heavy (non-hydrogen) atoms. The Hall–Kier alpha value is -2.78. The van der Waals surface area contributed by atoms with E-state index in [1.165, 1.54) is 0 Å². The number of carbonyl (C=O) groups excluding carboxylic acids is 4. The van der Waals surface area contributed by atoms with Gasteiger partial charge in [0.1, 0.15) is 12.4 Å². The maximum absolute atomic E-state index is 12.6. The zero-order chi connectivity index (χ0) is 24.3. The minimum Gasteiger partial charge on any atom is -0.461 e. The average molecular weight is 491 g/mol. The lowest BCUT2D eigenvalue weighted by atomic mass is 9.97. The van der Waals surface area contributed by atoms with Crippen LogP contribution in [0.15, 0.2) is 60.7 Å². The van der Waals surface area contributed by atoms with Gasteiger partial charge in [-0.3, -0.25) is 9.59 Å². The summed E-state index contributed by atoms with van der Waals surface area (Å²) < 4.78 is 14.2. The summed E-state index contributed by atoms with van der Waals surface area (Å²) in [6.07, 6.45) is -0.132. The first kappa shape index (κ1) is 26.5. The SMILES string of the molecule is CC(C)(S)C(=O)C[C@@H](CSC(=O)OCOC(=O)c1ccccc1)C(=O)OCc1ccccc1. The molecule has 0 saturated carbocycles. The normalized spacial score (nSPS) is 11.8. The van der Waals surface area contributed by atoms with Gasteiger partial charge in [0.25, 0.3) is 0 Å². The lowest BCUT2D eigenvalue weighted by Gasteiger charge is -2.20. The molecule has 0 radical (unpaired) electrons. The molecule has 0 amide bonds. The van der Waals surface area contributed by atoms with E-state index < -0.39 is 34.7 Å². The van der Waals surface area contributed by atoms with Crippen LogP contribution in [-0.4, -0.2) is 40.3 Å². The number of ether oxygens (including phenoxy) is 3. The molecule has 176 valence electrons. The van der Waals surface area contributed by atoms with Crippen molar-refractivity contribution < 1.29 is 33.4 Å². The molecule has 1 atom stereocenters. The molecule has 9 heteroatoms. The first-order chi connectivity index (χ1) is 15.7. The molecule has 0 aliphatic rings. The van der Waals surface area contributed by atoms with E-state index in [1.54, 1.807) is 44.2 Å². The fraction of sp³-hybridized carbons (Fsp3) is 0.333. The van der Waals surface area contributed by atoms with E-state index >= 15 is 0 Å². The van der Waals surface area contributed by atoms with Crippen molar-refractivity contribution in [3.05, 3.63) is 71.8 Å². The molecule has 0 spiro atoms. The summed E-state index contributed by atoms with van der Waals surface area (Å²) >= 11 is 4.96. The van der Waals surface area contributed by atoms with Gasteiger partial charge in [-0.15, -0.1) is 0 Å². The van der Waals surface area contributed by atoms with Gasteiger partial charge in [0, 0.05) is 12.2 Å². The quantitative estimate of drug-likeness (QED) is 0.275. The number of hydrogen-bond donors (Lipinski definition) is 1. The van der Waals surface area contributed by atoms with Crippen LogP contribution in [0.5, 0.6) is 0 Å². The highest BCUT2D eigenvalue weighted by Crippen LogP contribution is 2.23. The molecule has 0 aliphatic heterocycles. The lowest BCUT2D eigenvalue weighted by Crippen LogP contribution is -2.31. The number of esters is 2. The second-order valence-electron chi connectivity index (χ2n) is 7.60. The van der Waals surface area contributed by atoms with Crippen LogP contribution in [0.4, 0.5) is 4.79 Å². The van der Waals surface area contributed by atoms with Crippen molar-refractivity contribution in [1.82, 2.24) is 0 Å². The topological polar surface area (TPSA) is 96.0 Å². The lowest BCUT2D eigenvalue weighted by molar-refractivity contribution is -0.150. The van der Waals surface area contributed by atoms with Crippen LogP contribution < -0.4 is 0 Å². The Morgan fingerprint density at radius 1 is 0.909 bits per heavy atom. The van der Waals surface area contributed by atoms with Crippen LogP contribution in [-0.2, 0) is 30.4 Å². The zero-order valence-electron chi connectivity index (χ0n) is 18.4. The van der Waals surface area contributed by atoms with E-state index in [0.717, 1.165) is 5.56 Å². The monoisotopic (exact) mass is 490 g/mol. The zero-order valence-corrected chi connectivity index (χ0v) is 20.1. The maximum atomic E-state index is 12.6. The molecule has 2 rings (SSSR count). The van der Waals surface area contributed by atoms with Crippen molar-refractivity contribution in [2.24, 2.45) is 5.92 Å². The van der Waals surface area contributed by atoms with Crippen LogP contribution in [0.25, 0.3) is 0 Å². The van der Waals surface area contributed by atoms with Gasteiger partial charge in [-0.1, -0.05) is 48.5 Å². The molecule has 0 heterocycles. The van der Waals surface area contributed by atoms with Crippen molar-refractivity contribution in [2.45, 2.75) is 31.6 Å². The molecular weight excluding hydrogens is 464 g/mol. The molecule has 0 saturated heterocycles. The van der Waals surface area contributed by atoms with Crippen LogP contribution in [0.1, 0.15) is 36.2 Å². The number of ketones is 1. The summed E-state index contributed by atoms with van der Waals surface area (Å²) in [7, 11) is 0. The van der Waals surface area contributed by atoms with Gasteiger partial charge in [-0.25, -0.2) is 9.59 Å². The molecule has 7 nitrogen and oxygen atoms in total. The van der Waals surface area contributed by atoms with Gasteiger partial charge in [-0.05, 0) is 43.3 Å². The van der Waals surface area contributed by atoms with E-state index in [2.05, 4.69) is 12.6 Å². The Kier molecular flexibility index (Phi) is 10.5. The van der Waals surface area contributed by atoms with Gasteiger partial charge in [0.05, 0.1) is 16.2 Å². The fourth-order valence-electron chi connectivity index (χ4n) is 2.53. The smallest absolute Gasteiger partial charge is 0.370 e.